The molecule has 0 aliphatic carbocycles. The van der Waals surface area contributed by atoms with Gasteiger partial charge < -0.3 is 15.0 Å². The zero-order chi connectivity index (χ0) is 20.9. The number of hydrogen-bond donors (Lipinski definition) is 1. The van der Waals surface area contributed by atoms with Gasteiger partial charge in [0.05, 0.1) is 0 Å². The number of anilines is 2. The van der Waals surface area contributed by atoms with Crippen LogP contribution in [-0.2, 0) is 0 Å². The lowest BCUT2D eigenvalue weighted by Crippen LogP contribution is -2.13. The van der Waals surface area contributed by atoms with E-state index in [-0.39, 0.29) is 5.91 Å². The van der Waals surface area contributed by atoms with Crippen molar-refractivity contribution in [3.05, 3.63) is 84.9 Å². The molecule has 8 heteroatoms. The summed E-state index contributed by atoms with van der Waals surface area (Å²) in [6, 6.07) is 18.0. The van der Waals surface area contributed by atoms with Crippen molar-refractivity contribution in [2.45, 2.75) is 0 Å². The monoisotopic (exact) mass is 400 g/mol. The number of aromatic nitrogens is 4. The Labute approximate surface area is 173 Å². The van der Waals surface area contributed by atoms with E-state index in [0.29, 0.717) is 28.7 Å². The van der Waals surface area contributed by atoms with Gasteiger partial charge in [0.25, 0.3) is 5.91 Å². The predicted molar refractivity (Wildman–Crippen MR) is 114 cm³/mol. The van der Waals surface area contributed by atoms with Crippen LogP contribution in [0.4, 0.5) is 11.4 Å². The quantitative estimate of drug-likeness (QED) is 0.530. The summed E-state index contributed by atoms with van der Waals surface area (Å²) in [5.74, 6) is 1.44. The van der Waals surface area contributed by atoms with Crippen molar-refractivity contribution in [1.82, 2.24) is 19.7 Å². The summed E-state index contributed by atoms with van der Waals surface area (Å²) in [7, 11) is 3.91. The van der Waals surface area contributed by atoms with Crippen LogP contribution in [0.2, 0.25) is 0 Å². The predicted octanol–water partition coefficient (Wildman–Crippen LogP) is 3.77. The minimum atomic E-state index is -0.171. The summed E-state index contributed by atoms with van der Waals surface area (Å²) < 4.78 is 7.47. The lowest BCUT2D eigenvalue weighted by molar-refractivity contribution is 0.102. The van der Waals surface area contributed by atoms with Crippen molar-refractivity contribution in [2.24, 2.45) is 0 Å². The van der Waals surface area contributed by atoms with E-state index < -0.39 is 0 Å². The molecule has 0 aliphatic heterocycles. The van der Waals surface area contributed by atoms with E-state index in [1.165, 1.54) is 0 Å². The first kappa shape index (κ1) is 19.1. The van der Waals surface area contributed by atoms with Crippen LogP contribution in [0, 0.1) is 0 Å². The van der Waals surface area contributed by atoms with Crippen LogP contribution >= 0.6 is 0 Å². The van der Waals surface area contributed by atoms with Gasteiger partial charge in [0.2, 0.25) is 5.88 Å². The highest BCUT2D eigenvalue weighted by atomic mass is 16.5. The van der Waals surface area contributed by atoms with E-state index in [2.05, 4.69) is 20.5 Å². The van der Waals surface area contributed by atoms with E-state index in [1.54, 1.807) is 71.8 Å². The third-order valence-electron chi connectivity index (χ3n) is 4.38. The molecule has 4 rings (SSSR count). The van der Waals surface area contributed by atoms with Crippen LogP contribution in [-0.4, -0.2) is 39.8 Å². The van der Waals surface area contributed by atoms with Gasteiger partial charge in [0, 0.05) is 49.5 Å². The van der Waals surface area contributed by atoms with E-state index >= 15 is 0 Å². The van der Waals surface area contributed by atoms with Gasteiger partial charge >= 0.3 is 0 Å². The zero-order valence-electron chi connectivity index (χ0n) is 16.6. The van der Waals surface area contributed by atoms with Gasteiger partial charge in [-0.3, -0.25) is 9.36 Å². The minimum absolute atomic E-state index is 0.171. The summed E-state index contributed by atoms with van der Waals surface area (Å²) in [4.78, 5) is 18.4. The van der Waals surface area contributed by atoms with Crippen molar-refractivity contribution in [3.8, 4) is 17.4 Å². The maximum Gasteiger partial charge on any atom is 0.255 e. The normalized spacial score (nSPS) is 10.5. The second kappa shape index (κ2) is 8.44. The third kappa shape index (κ3) is 4.44. The minimum Gasteiger partial charge on any atom is -0.438 e. The number of hydrogen-bond acceptors (Lipinski definition) is 6. The Balaban J connectivity index is 1.37. The van der Waals surface area contributed by atoms with Gasteiger partial charge in [-0.15, -0.1) is 10.2 Å². The first-order valence-corrected chi connectivity index (χ1v) is 9.27. The fraction of sp³-hybridized carbons (Fsp3) is 0.0909. The Morgan fingerprint density at radius 2 is 1.73 bits per heavy atom. The van der Waals surface area contributed by atoms with Crippen LogP contribution in [0.5, 0.6) is 11.6 Å². The number of amides is 1. The van der Waals surface area contributed by atoms with Crippen LogP contribution in [0.25, 0.3) is 5.82 Å². The molecule has 8 nitrogen and oxygen atoms in total. The average molecular weight is 400 g/mol. The van der Waals surface area contributed by atoms with Crippen molar-refractivity contribution in [2.75, 3.05) is 24.3 Å². The van der Waals surface area contributed by atoms with Crippen molar-refractivity contribution in [3.63, 3.8) is 0 Å². The molecule has 0 bridgehead atoms. The van der Waals surface area contributed by atoms with E-state index in [0.717, 1.165) is 5.69 Å². The molecule has 2 aromatic heterocycles. The lowest BCUT2D eigenvalue weighted by Gasteiger charge is -2.12. The van der Waals surface area contributed by atoms with Gasteiger partial charge in [-0.1, -0.05) is 0 Å². The van der Waals surface area contributed by atoms with Gasteiger partial charge in [-0.25, -0.2) is 4.98 Å². The molecule has 0 radical (unpaired) electrons. The number of ether oxygens (including phenoxy) is 1. The van der Waals surface area contributed by atoms with Crippen LogP contribution < -0.4 is 15.0 Å². The molecule has 1 amide bonds. The highest BCUT2D eigenvalue weighted by molar-refractivity contribution is 6.04. The maximum absolute atomic E-state index is 12.4. The van der Waals surface area contributed by atoms with Crippen molar-refractivity contribution >= 4 is 17.3 Å². The Morgan fingerprint density at radius 1 is 0.967 bits per heavy atom. The molecule has 2 aromatic carbocycles. The van der Waals surface area contributed by atoms with Crippen molar-refractivity contribution < 1.29 is 9.53 Å². The van der Waals surface area contributed by atoms with Crippen LogP contribution in [0.1, 0.15) is 10.4 Å². The molecule has 1 N–H and O–H groups in total. The fourth-order valence-electron chi connectivity index (χ4n) is 2.74. The molecule has 0 saturated carbocycles. The largest absolute Gasteiger partial charge is 0.438 e. The van der Waals surface area contributed by atoms with E-state index in [9.17, 15) is 4.79 Å². The number of benzene rings is 2. The smallest absolute Gasteiger partial charge is 0.255 e. The summed E-state index contributed by atoms with van der Waals surface area (Å²) >= 11 is 0. The Kier molecular flexibility index (Phi) is 5.38. The van der Waals surface area contributed by atoms with Crippen molar-refractivity contribution in [1.29, 1.82) is 0 Å². The SMILES string of the molecule is CN(C)c1ccc(C(=O)Nc2ccc(Oc3ccc(-n4ccnc4)nn3)cc2)cc1. The van der Waals surface area contributed by atoms with Gasteiger partial charge in [-0.05, 0) is 54.6 Å². The first-order chi connectivity index (χ1) is 14.6. The van der Waals surface area contributed by atoms with E-state index in [1.807, 2.05) is 31.1 Å². The summed E-state index contributed by atoms with van der Waals surface area (Å²) in [6.07, 6.45) is 5.10. The number of imidazole rings is 1. The Hall–Kier alpha value is -4.20. The molecular formula is C22H20N6O2. The second-order valence-corrected chi connectivity index (χ2v) is 6.72. The Morgan fingerprint density at radius 3 is 2.33 bits per heavy atom. The number of nitrogens with one attached hydrogen (secondary N) is 1. The number of nitrogens with zero attached hydrogens (tertiary/aromatic N) is 5. The number of carbonyl (C=O) groups is 1. The zero-order valence-corrected chi connectivity index (χ0v) is 16.6. The fourth-order valence-corrected chi connectivity index (χ4v) is 2.74. The molecule has 0 spiro atoms. The molecule has 0 unspecified atom stereocenters. The summed E-state index contributed by atoms with van der Waals surface area (Å²) in [6.45, 7) is 0. The molecule has 0 saturated heterocycles. The van der Waals surface area contributed by atoms with Crippen LogP contribution in [0.15, 0.2) is 79.4 Å². The van der Waals surface area contributed by atoms with E-state index in [4.69, 9.17) is 4.74 Å². The number of carbonyl (C=O) groups excluding carboxylic acids is 1. The third-order valence-corrected chi connectivity index (χ3v) is 4.38. The number of rotatable bonds is 6. The lowest BCUT2D eigenvalue weighted by atomic mass is 10.2. The second-order valence-electron chi connectivity index (χ2n) is 6.72. The van der Waals surface area contributed by atoms with Gasteiger partial charge in [0.15, 0.2) is 5.82 Å². The first-order valence-electron chi connectivity index (χ1n) is 9.27. The molecule has 0 aliphatic rings. The highest BCUT2D eigenvalue weighted by Gasteiger charge is 2.07. The average Bonchev–Trinajstić information content (AvgIpc) is 3.31. The maximum atomic E-state index is 12.4. The molecule has 150 valence electrons. The molecule has 4 aromatic rings. The summed E-state index contributed by atoms with van der Waals surface area (Å²) in [5, 5.41) is 11.1. The topological polar surface area (TPSA) is 85.2 Å². The molecule has 0 atom stereocenters. The van der Waals surface area contributed by atoms with Crippen LogP contribution in [0.3, 0.4) is 0 Å². The standard InChI is InChI=1S/C22H20N6O2/c1-27(2)18-7-3-16(4-8-18)22(29)24-17-5-9-19(10-6-17)30-21-12-11-20(25-26-21)28-14-13-23-15-28/h3-15H,1-2H3,(H,24,29). The highest BCUT2D eigenvalue weighted by Crippen LogP contribution is 2.22. The summed E-state index contributed by atoms with van der Waals surface area (Å²) in [5.41, 5.74) is 2.30. The molecule has 0 fully saturated rings. The van der Waals surface area contributed by atoms with Gasteiger partial charge in [0.1, 0.15) is 12.1 Å². The molecular weight excluding hydrogens is 380 g/mol. The molecule has 2 heterocycles. The molecule has 30 heavy (non-hydrogen) atoms. The van der Waals surface area contributed by atoms with Gasteiger partial charge in [-0.2, -0.15) is 0 Å². The Bertz CT molecular complexity index is 1110.